The van der Waals surface area contributed by atoms with Gasteiger partial charge in [0, 0.05) is 6.07 Å². The molecule has 1 rings (SSSR count). The molecule has 3 heteroatoms. The Labute approximate surface area is 88.3 Å². The van der Waals surface area contributed by atoms with Crippen LogP contribution in [-0.4, -0.2) is 5.11 Å². The molecule has 0 unspecified atom stereocenters. The molecule has 0 amide bonds. The summed E-state index contributed by atoms with van der Waals surface area (Å²) in [6, 6.07) is 1.48. The Morgan fingerprint density at radius 1 is 1.31 bits per heavy atom. The van der Waals surface area contributed by atoms with Gasteiger partial charge < -0.3 is 5.11 Å². The molecule has 13 heavy (non-hydrogen) atoms. The summed E-state index contributed by atoms with van der Waals surface area (Å²) >= 11 is 11.9. The minimum atomic E-state index is 0.207. The maximum absolute atomic E-state index is 9.51. The van der Waals surface area contributed by atoms with Gasteiger partial charge in [0.2, 0.25) is 0 Å². The quantitative estimate of drug-likeness (QED) is 0.752. The van der Waals surface area contributed by atoms with E-state index >= 15 is 0 Å². The van der Waals surface area contributed by atoms with E-state index in [0.29, 0.717) is 10.0 Å². The summed E-state index contributed by atoms with van der Waals surface area (Å²) in [7, 11) is 0. The molecule has 72 valence electrons. The number of benzene rings is 1. The molecule has 0 aliphatic rings. The van der Waals surface area contributed by atoms with Gasteiger partial charge in [-0.2, -0.15) is 0 Å². The van der Waals surface area contributed by atoms with E-state index < -0.39 is 0 Å². The van der Waals surface area contributed by atoms with Crippen molar-refractivity contribution >= 4 is 23.2 Å². The molecule has 1 N–H and O–H groups in total. The number of halogens is 2. The molecule has 0 aliphatic heterocycles. The Bertz CT molecular complexity index is 306. The lowest BCUT2D eigenvalue weighted by Gasteiger charge is -2.14. The third kappa shape index (κ3) is 1.92. The van der Waals surface area contributed by atoms with E-state index in [0.717, 1.165) is 11.1 Å². The lowest BCUT2D eigenvalue weighted by Crippen LogP contribution is -1.94. The highest BCUT2D eigenvalue weighted by molar-refractivity contribution is 6.42. The third-order valence-corrected chi connectivity index (χ3v) is 2.88. The van der Waals surface area contributed by atoms with Gasteiger partial charge in [0.15, 0.2) is 0 Å². The SMILES string of the molecule is Cc1c(O)cc(Cl)c(Cl)c1C(C)C. The smallest absolute Gasteiger partial charge is 0.120 e. The summed E-state index contributed by atoms with van der Waals surface area (Å²) in [6.45, 7) is 5.88. The first-order valence-electron chi connectivity index (χ1n) is 4.12. The summed E-state index contributed by atoms with van der Waals surface area (Å²) < 4.78 is 0. The van der Waals surface area contributed by atoms with E-state index in [1.54, 1.807) is 0 Å². The molecule has 0 bridgehead atoms. The lowest BCUT2D eigenvalue weighted by molar-refractivity contribution is 0.469. The van der Waals surface area contributed by atoms with Crippen LogP contribution in [0.1, 0.15) is 30.9 Å². The number of phenols is 1. The topological polar surface area (TPSA) is 20.2 Å². The monoisotopic (exact) mass is 218 g/mol. The Balaban J connectivity index is 3.46. The van der Waals surface area contributed by atoms with E-state index in [-0.39, 0.29) is 11.7 Å². The van der Waals surface area contributed by atoms with E-state index in [1.807, 2.05) is 20.8 Å². The van der Waals surface area contributed by atoms with Crippen LogP contribution in [0.4, 0.5) is 0 Å². The van der Waals surface area contributed by atoms with Gasteiger partial charge in [-0.25, -0.2) is 0 Å². The highest BCUT2D eigenvalue weighted by Crippen LogP contribution is 2.38. The van der Waals surface area contributed by atoms with Crippen molar-refractivity contribution < 1.29 is 5.11 Å². The second-order valence-electron chi connectivity index (χ2n) is 3.38. The van der Waals surface area contributed by atoms with Gasteiger partial charge >= 0.3 is 0 Å². The zero-order valence-electron chi connectivity index (χ0n) is 7.86. The molecular weight excluding hydrogens is 207 g/mol. The predicted molar refractivity (Wildman–Crippen MR) is 57.0 cm³/mol. The van der Waals surface area contributed by atoms with Crippen LogP contribution in [0.15, 0.2) is 6.07 Å². The second-order valence-corrected chi connectivity index (χ2v) is 4.17. The van der Waals surface area contributed by atoms with E-state index in [4.69, 9.17) is 23.2 Å². The highest BCUT2D eigenvalue weighted by Gasteiger charge is 2.14. The average Bonchev–Trinajstić information content (AvgIpc) is 2.01. The fraction of sp³-hybridized carbons (Fsp3) is 0.400. The van der Waals surface area contributed by atoms with Gasteiger partial charge in [-0.1, -0.05) is 37.0 Å². The summed E-state index contributed by atoms with van der Waals surface area (Å²) in [4.78, 5) is 0. The molecule has 1 aromatic carbocycles. The van der Waals surface area contributed by atoms with Crippen molar-refractivity contribution in [1.82, 2.24) is 0 Å². The Hall–Kier alpha value is -0.400. The van der Waals surface area contributed by atoms with Crippen molar-refractivity contribution in [2.24, 2.45) is 0 Å². The number of rotatable bonds is 1. The van der Waals surface area contributed by atoms with E-state index in [9.17, 15) is 5.11 Å². The molecule has 0 heterocycles. The minimum absolute atomic E-state index is 0.207. The van der Waals surface area contributed by atoms with Crippen molar-refractivity contribution in [3.05, 3.63) is 27.2 Å². The van der Waals surface area contributed by atoms with Crippen LogP contribution in [-0.2, 0) is 0 Å². The van der Waals surface area contributed by atoms with Crippen LogP contribution in [0.2, 0.25) is 10.0 Å². The number of hydrogen-bond donors (Lipinski definition) is 1. The standard InChI is InChI=1S/C10H12Cl2O/c1-5(2)9-6(3)8(13)4-7(11)10(9)12/h4-5,13H,1-3H3. The van der Waals surface area contributed by atoms with Crippen LogP contribution in [0.5, 0.6) is 5.75 Å². The fourth-order valence-corrected chi connectivity index (χ4v) is 2.03. The van der Waals surface area contributed by atoms with Crippen LogP contribution in [0.25, 0.3) is 0 Å². The van der Waals surface area contributed by atoms with Crippen LogP contribution < -0.4 is 0 Å². The molecule has 0 aliphatic carbocycles. The normalized spacial score (nSPS) is 10.9. The van der Waals surface area contributed by atoms with Crippen molar-refractivity contribution in [3.63, 3.8) is 0 Å². The van der Waals surface area contributed by atoms with Gasteiger partial charge in [-0.15, -0.1) is 0 Å². The van der Waals surface area contributed by atoms with Gasteiger partial charge in [0.25, 0.3) is 0 Å². The molecule has 0 aromatic heterocycles. The first kappa shape index (κ1) is 10.7. The molecule has 1 aromatic rings. The zero-order chi connectivity index (χ0) is 10.2. The predicted octanol–water partition coefficient (Wildman–Crippen LogP) is 4.13. The summed E-state index contributed by atoms with van der Waals surface area (Å²) in [5.41, 5.74) is 1.73. The summed E-state index contributed by atoms with van der Waals surface area (Å²) in [6.07, 6.45) is 0. The van der Waals surface area contributed by atoms with Crippen molar-refractivity contribution in [2.75, 3.05) is 0 Å². The zero-order valence-corrected chi connectivity index (χ0v) is 9.37. The van der Waals surface area contributed by atoms with Gasteiger partial charge in [0.1, 0.15) is 5.75 Å². The Morgan fingerprint density at radius 2 is 1.85 bits per heavy atom. The van der Waals surface area contributed by atoms with Crippen LogP contribution >= 0.6 is 23.2 Å². The van der Waals surface area contributed by atoms with Crippen molar-refractivity contribution in [2.45, 2.75) is 26.7 Å². The molecule has 0 fully saturated rings. The number of hydrogen-bond acceptors (Lipinski definition) is 1. The van der Waals surface area contributed by atoms with E-state index in [2.05, 4.69) is 0 Å². The van der Waals surface area contributed by atoms with Crippen molar-refractivity contribution in [1.29, 1.82) is 0 Å². The number of aromatic hydroxyl groups is 1. The second kappa shape index (κ2) is 3.77. The molecule has 0 saturated carbocycles. The molecular formula is C10H12Cl2O. The largest absolute Gasteiger partial charge is 0.508 e. The minimum Gasteiger partial charge on any atom is -0.508 e. The van der Waals surface area contributed by atoms with Crippen LogP contribution in [0, 0.1) is 6.92 Å². The maximum atomic E-state index is 9.51. The van der Waals surface area contributed by atoms with E-state index in [1.165, 1.54) is 6.07 Å². The third-order valence-electron chi connectivity index (χ3n) is 2.08. The molecule has 0 radical (unpaired) electrons. The summed E-state index contributed by atoms with van der Waals surface area (Å²) in [5, 5.41) is 10.5. The molecule has 0 spiro atoms. The Morgan fingerprint density at radius 3 is 2.31 bits per heavy atom. The molecule has 1 nitrogen and oxygen atoms in total. The Kier molecular flexibility index (Phi) is 3.09. The first-order valence-corrected chi connectivity index (χ1v) is 4.88. The summed E-state index contributed by atoms with van der Waals surface area (Å²) in [5.74, 6) is 0.468. The average molecular weight is 219 g/mol. The highest BCUT2D eigenvalue weighted by atomic mass is 35.5. The molecule has 0 saturated heterocycles. The van der Waals surface area contributed by atoms with Gasteiger partial charge in [-0.05, 0) is 24.0 Å². The van der Waals surface area contributed by atoms with Crippen molar-refractivity contribution in [3.8, 4) is 5.75 Å². The lowest BCUT2D eigenvalue weighted by atomic mass is 9.97. The van der Waals surface area contributed by atoms with Gasteiger partial charge in [0.05, 0.1) is 10.0 Å². The maximum Gasteiger partial charge on any atom is 0.120 e. The fourth-order valence-electron chi connectivity index (χ4n) is 1.41. The first-order chi connectivity index (χ1) is 5.95. The van der Waals surface area contributed by atoms with Gasteiger partial charge in [-0.3, -0.25) is 0 Å². The van der Waals surface area contributed by atoms with Crippen LogP contribution in [0.3, 0.4) is 0 Å². The molecule has 0 atom stereocenters. The number of phenolic OH excluding ortho intramolecular Hbond substituents is 1.